The van der Waals surface area contributed by atoms with Crippen LogP contribution in [-0.4, -0.2) is 51.6 Å². The molecule has 1 aromatic carbocycles. The Balaban J connectivity index is 2.11. The fourth-order valence-corrected chi connectivity index (χ4v) is 3.61. The molecular weight excluding hydrogens is 358 g/mol. The lowest BCUT2D eigenvalue weighted by Gasteiger charge is -2.38. The zero-order valence-corrected chi connectivity index (χ0v) is 17.8. The Morgan fingerprint density at radius 1 is 1.14 bits per heavy atom. The van der Waals surface area contributed by atoms with Gasteiger partial charge in [0, 0.05) is 18.5 Å². The van der Waals surface area contributed by atoms with Crippen LogP contribution in [0, 0.1) is 5.41 Å². The Kier molecular flexibility index (Phi) is 8.23. The summed E-state index contributed by atoms with van der Waals surface area (Å²) in [5, 5.41) is 17.1. The number of aliphatic hydroxyl groups excluding tert-OH is 1. The summed E-state index contributed by atoms with van der Waals surface area (Å²) in [5.74, 6) is 2.53. The number of aliphatic imine (C=N–C) groups is 1. The molecule has 0 aromatic heterocycles. The van der Waals surface area contributed by atoms with Crippen molar-refractivity contribution < 1.29 is 19.3 Å². The highest BCUT2D eigenvalue weighted by Gasteiger charge is 2.35. The SMILES string of the molecule is CCNC(=NCc1cc(OC)c(OC)c(OC)c1)NCC1(C)CCCCC1O. The van der Waals surface area contributed by atoms with Gasteiger partial charge in [-0.25, -0.2) is 4.99 Å². The Labute approximate surface area is 168 Å². The Hall–Kier alpha value is -2.15. The lowest BCUT2D eigenvalue weighted by molar-refractivity contribution is 0.00397. The van der Waals surface area contributed by atoms with Crippen LogP contribution in [0.1, 0.15) is 45.1 Å². The molecular formula is C21H35N3O4. The summed E-state index contributed by atoms with van der Waals surface area (Å²) >= 11 is 0. The fourth-order valence-electron chi connectivity index (χ4n) is 3.61. The number of nitrogens with one attached hydrogen (secondary N) is 2. The first-order valence-electron chi connectivity index (χ1n) is 9.96. The van der Waals surface area contributed by atoms with Crippen molar-refractivity contribution in [3.05, 3.63) is 17.7 Å². The van der Waals surface area contributed by atoms with Crippen molar-refractivity contribution in [2.24, 2.45) is 10.4 Å². The third-order valence-corrected chi connectivity index (χ3v) is 5.43. The number of rotatable bonds is 8. The molecule has 2 atom stereocenters. The molecule has 0 aliphatic heterocycles. The maximum atomic E-state index is 10.4. The molecule has 2 rings (SSSR count). The smallest absolute Gasteiger partial charge is 0.203 e. The third kappa shape index (κ3) is 5.44. The van der Waals surface area contributed by atoms with Gasteiger partial charge in [0.15, 0.2) is 17.5 Å². The first-order chi connectivity index (χ1) is 13.5. The first-order valence-corrected chi connectivity index (χ1v) is 9.96. The first kappa shape index (κ1) is 22.1. The number of methoxy groups -OCH3 is 3. The van der Waals surface area contributed by atoms with Gasteiger partial charge in [0.2, 0.25) is 5.75 Å². The van der Waals surface area contributed by atoms with Crippen molar-refractivity contribution in [3.8, 4) is 17.2 Å². The molecule has 0 saturated heterocycles. The number of benzene rings is 1. The summed E-state index contributed by atoms with van der Waals surface area (Å²) in [6.07, 6.45) is 3.89. The highest BCUT2D eigenvalue weighted by Crippen LogP contribution is 2.38. The summed E-state index contributed by atoms with van der Waals surface area (Å²) in [5.41, 5.74) is 0.830. The third-order valence-electron chi connectivity index (χ3n) is 5.43. The van der Waals surface area contributed by atoms with E-state index in [-0.39, 0.29) is 11.5 Å². The molecule has 1 aliphatic carbocycles. The Bertz CT molecular complexity index is 640. The van der Waals surface area contributed by atoms with Crippen LogP contribution < -0.4 is 24.8 Å². The minimum atomic E-state index is -0.272. The molecule has 0 radical (unpaired) electrons. The second kappa shape index (κ2) is 10.4. The Morgan fingerprint density at radius 2 is 1.82 bits per heavy atom. The van der Waals surface area contributed by atoms with Gasteiger partial charge < -0.3 is 30.0 Å². The summed E-state index contributed by atoms with van der Waals surface area (Å²) in [7, 11) is 4.80. The zero-order chi connectivity index (χ0) is 20.6. The van der Waals surface area contributed by atoms with Gasteiger partial charge in [-0.1, -0.05) is 19.8 Å². The molecule has 3 N–H and O–H groups in total. The van der Waals surface area contributed by atoms with Crippen molar-refractivity contribution in [2.45, 2.75) is 52.2 Å². The van der Waals surface area contributed by atoms with Crippen LogP contribution in [0.4, 0.5) is 0 Å². The van der Waals surface area contributed by atoms with E-state index >= 15 is 0 Å². The van der Waals surface area contributed by atoms with Crippen molar-refractivity contribution in [3.63, 3.8) is 0 Å². The quantitative estimate of drug-likeness (QED) is 0.465. The predicted octanol–water partition coefficient (Wildman–Crippen LogP) is 2.71. The predicted molar refractivity (Wildman–Crippen MR) is 111 cm³/mol. The van der Waals surface area contributed by atoms with Crippen LogP contribution in [0.15, 0.2) is 17.1 Å². The largest absolute Gasteiger partial charge is 0.493 e. The molecule has 1 saturated carbocycles. The van der Waals surface area contributed by atoms with Crippen LogP contribution in [0.25, 0.3) is 0 Å². The van der Waals surface area contributed by atoms with Crippen molar-refractivity contribution >= 4 is 5.96 Å². The second-order valence-corrected chi connectivity index (χ2v) is 7.50. The number of guanidine groups is 1. The number of hydrogen-bond donors (Lipinski definition) is 3. The molecule has 2 unspecified atom stereocenters. The van der Waals surface area contributed by atoms with Crippen LogP contribution in [0.3, 0.4) is 0 Å². The summed E-state index contributed by atoms with van der Waals surface area (Å²) in [4.78, 5) is 4.69. The highest BCUT2D eigenvalue weighted by atomic mass is 16.5. The van der Waals surface area contributed by atoms with Crippen LogP contribution >= 0.6 is 0 Å². The van der Waals surface area contributed by atoms with Crippen molar-refractivity contribution in [1.82, 2.24) is 10.6 Å². The fraction of sp³-hybridized carbons (Fsp3) is 0.667. The highest BCUT2D eigenvalue weighted by molar-refractivity contribution is 5.79. The lowest BCUT2D eigenvalue weighted by atomic mass is 9.73. The van der Waals surface area contributed by atoms with Crippen LogP contribution in [0.5, 0.6) is 17.2 Å². The van der Waals surface area contributed by atoms with Crippen LogP contribution in [0.2, 0.25) is 0 Å². The van der Waals surface area contributed by atoms with E-state index in [1.165, 1.54) is 0 Å². The molecule has 7 heteroatoms. The van der Waals surface area contributed by atoms with E-state index in [0.29, 0.717) is 30.3 Å². The minimum absolute atomic E-state index is 0.124. The number of ether oxygens (including phenoxy) is 3. The van der Waals surface area contributed by atoms with E-state index < -0.39 is 0 Å². The van der Waals surface area contributed by atoms with E-state index in [1.807, 2.05) is 19.1 Å². The van der Waals surface area contributed by atoms with E-state index in [1.54, 1.807) is 21.3 Å². The minimum Gasteiger partial charge on any atom is -0.493 e. The number of hydrogen-bond acceptors (Lipinski definition) is 5. The molecule has 158 valence electrons. The average Bonchev–Trinajstić information content (AvgIpc) is 2.71. The molecule has 7 nitrogen and oxygen atoms in total. The zero-order valence-electron chi connectivity index (χ0n) is 17.8. The van der Waals surface area contributed by atoms with Gasteiger partial charge in [-0.2, -0.15) is 0 Å². The van der Waals surface area contributed by atoms with Crippen molar-refractivity contribution in [2.75, 3.05) is 34.4 Å². The number of aliphatic hydroxyl groups is 1. The Morgan fingerprint density at radius 3 is 2.36 bits per heavy atom. The average molecular weight is 394 g/mol. The van der Waals surface area contributed by atoms with Gasteiger partial charge in [-0.3, -0.25) is 0 Å². The summed E-state index contributed by atoms with van der Waals surface area (Å²) in [6, 6.07) is 3.81. The maximum absolute atomic E-state index is 10.4. The van der Waals surface area contributed by atoms with Gasteiger partial charge in [0.1, 0.15) is 0 Å². The van der Waals surface area contributed by atoms with Crippen LogP contribution in [-0.2, 0) is 6.54 Å². The molecule has 0 amide bonds. The molecule has 1 aromatic rings. The molecule has 0 spiro atoms. The number of nitrogens with zero attached hydrogens (tertiary/aromatic N) is 1. The molecule has 1 aliphatic rings. The summed E-state index contributed by atoms with van der Waals surface area (Å²) < 4.78 is 16.2. The maximum Gasteiger partial charge on any atom is 0.203 e. The topological polar surface area (TPSA) is 84.3 Å². The normalized spacial score (nSPS) is 22.5. The van der Waals surface area contributed by atoms with Gasteiger partial charge in [-0.05, 0) is 37.5 Å². The monoisotopic (exact) mass is 393 g/mol. The van der Waals surface area contributed by atoms with Gasteiger partial charge in [0.05, 0.1) is 34.0 Å². The molecule has 28 heavy (non-hydrogen) atoms. The second-order valence-electron chi connectivity index (χ2n) is 7.50. The van der Waals surface area contributed by atoms with Gasteiger partial charge in [0.25, 0.3) is 0 Å². The van der Waals surface area contributed by atoms with Gasteiger partial charge >= 0.3 is 0 Å². The molecule has 0 heterocycles. The molecule has 0 bridgehead atoms. The summed E-state index contributed by atoms with van der Waals surface area (Å²) in [6.45, 7) is 6.10. The van der Waals surface area contributed by atoms with Crippen molar-refractivity contribution in [1.29, 1.82) is 0 Å². The van der Waals surface area contributed by atoms with E-state index in [4.69, 9.17) is 19.2 Å². The van der Waals surface area contributed by atoms with E-state index in [0.717, 1.165) is 43.8 Å². The van der Waals surface area contributed by atoms with E-state index in [2.05, 4.69) is 17.6 Å². The standard InChI is InChI=1S/C21H35N3O4/c1-6-22-20(24-14-21(2)10-8-7-9-18(21)25)23-13-15-11-16(26-3)19(28-5)17(12-15)27-4/h11-12,18,25H,6-10,13-14H2,1-5H3,(H2,22,23,24). The van der Waals surface area contributed by atoms with Gasteiger partial charge in [-0.15, -0.1) is 0 Å². The lowest BCUT2D eigenvalue weighted by Crippen LogP contribution is -2.48. The van der Waals surface area contributed by atoms with E-state index in [9.17, 15) is 5.11 Å². The molecule has 1 fully saturated rings.